The summed E-state index contributed by atoms with van der Waals surface area (Å²) >= 11 is 0. The molecule has 0 atom stereocenters. The molecule has 0 aromatic rings. The van der Waals surface area contributed by atoms with Crippen molar-refractivity contribution in [1.82, 2.24) is 24.6 Å². The van der Waals surface area contributed by atoms with Gasteiger partial charge in [-0.05, 0) is 0 Å². The van der Waals surface area contributed by atoms with Gasteiger partial charge in [-0.2, -0.15) is 0 Å². The van der Waals surface area contributed by atoms with Gasteiger partial charge in [0.1, 0.15) is 0 Å². The molecule has 0 aromatic carbocycles. The summed E-state index contributed by atoms with van der Waals surface area (Å²) < 4.78 is 0. The largest absolute Gasteiger partial charge is 2.00 e. The Bertz CT molecular complexity index is 7.51. The van der Waals surface area contributed by atoms with E-state index in [9.17, 15) is 0 Å². The first kappa shape index (κ1) is 1750. The molecule has 0 unspecified atom stereocenters. The van der Waals surface area contributed by atoms with Gasteiger partial charge in [-0.1, -0.05) is 0 Å². The summed E-state index contributed by atoms with van der Waals surface area (Å²) in [6, 6.07) is 0. The normalized spacial score (nSPS) is 0. The predicted octanol–water partition coefficient (Wildman–Crippen LogP) is -0.179. The fourth-order valence-corrected chi connectivity index (χ4v) is 0. The molecule has 0 saturated carbocycles. The Kier molecular flexibility index (Phi) is 284000. The molecule has 0 aliphatic heterocycles. The van der Waals surface area contributed by atoms with Crippen LogP contribution in [0.1, 0.15) is 0 Å². The molecule has 0 aliphatic rings. The van der Waals surface area contributed by atoms with E-state index in [1.807, 2.05) is 0 Å². The first-order valence-corrected chi connectivity index (χ1v) is 0. The van der Waals surface area contributed by atoms with Crippen LogP contribution in [0.5, 0.6) is 0 Å². The minimum absolute atomic E-state index is 0. The van der Waals surface area contributed by atoms with Crippen molar-refractivity contribution < 1.29 is 22.5 Å². The van der Waals surface area contributed by atoms with Crippen LogP contribution in [-0.2, 0) is 17.1 Å². The van der Waals surface area contributed by atoms with Crippen molar-refractivity contribution in [3.8, 4) is 0 Å². The summed E-state index contributed by atoms with van der Waals surface area (Å²) in [6.07, 6.45) is 0. The van der Waals surface area contributed by atoms with Gasteiger partial charge in [-0.25, -0.2) is 0 Å². The van der Waals surface area contributed by atoms with Crippen LogP contribution in [0.15, 0.2) is 0 Å². The van der Waals surface area contributed by atoms with Crippen molar-refractivity contribution in [3.63, 3.8) is 0 Å². The van der Waals surface area contributed by atoms with Crippen LogP contribution in [0.2, 0.25) is 0 Å². The number of hydrogen-bond acceptors (Lipinski definition) is 4. The molecule has 0 aromatic heterocycles. The Morgan fingerprint density at radius 1 is 0.500 bits per heavy atom. The van der Waals surface area contributed by atoms with Crippen LogP contribution in [0.4, 0.5) is 0 Å². The van der Waals surface area contributed by atoms with Gasteiger partial charge in [0.15, 0.2) is 0 Å². The molecule has 1 radical (unpaired) electrons. The monoisotopic (exact) mass is 149 g/mol. The van der Waals surface area contributed by atoms with Crippen LogP contribution in [0.3, 0.4) is 0 Å². The van der Waals surface area contributed by atoms with E-state index in [-0.39, 0.29) is 47.1 Å². The smallest absolute Gasteiger partial charge is 0.412 e. The van der Waals surface area contributed by atoms with E-state index in [2.05, 4.69) is 0 Å². The molecule has 6 heteroatoms. The first-order valence-electron chi connectivity index (χ1n) is 0. The number of rotatable bonds is 0. The fraction of sp³-hybridized carbons (Fsp3) is 0. The fourth-order valence-electron chi connectivity index (χ4n) is 0. The average molecular weight is 150 g/mol. The van der Waals surface area contributed by atoms with Gasteiger partial charge in [0.25, 0.3) is 0 Å². The third-order valence-corrected chi connectivity index (χ3v) is 0. The SMILES string of the molecule is N.N.N.N.O.[Cu+2]. The average Bonchev–Trinajstić information content (AvgIpc) is 0. The van der Waals surface area contributed by atoms with E-state index in [0.29, 0.717) is 0 Å². The van der Waals surface area contributed by atoms with Gasteiger partial charge in [-0.3, -0.25) is 0 Å². The summed E-state index contributed by atoms with van der Waals surface area (Å²) in [5.74, 6) is 0. The van der Waals surface area contributed by atoms with Gasteiger partial charge in [-0.15, -0.1) is 0 Å². The molecule has 0 heterocycles. The van der Waals surface area contributed by atoms with E-state index in [4.69, 9.17) is 0 Å². The molecule has 0 bridgehead atoms. The molecule has 14 N–H and O–H groups in total. The van der Waals surface area contributed by atoms with E-state index in [1.54, 1.807) is 0 Å². The van der Waals surface area contributed by atoms with E-state index in [0.717, 1.165) is 0 Å². The van der Waals surface area contributed by atoms with Gasteiger partial charge in [0, 0.05) is 0 Å². The van der Waals surface area contributed by atoms with Gasteiger partial charge < -0.3 is 30.1 Å². The van der Waals surface area contributed by atoms with Crippen LogP contribution >= 0.6 is 0 Å². The van der Waals surface area contributed by atoms with E-state index in [1.165, 1.54) is 0 Å². The Labute approximate surface area is 48.0 Å². The maximum absolute atomic E-state index is 0. The van der Waals surface area contributed by atoms with Crippen molar-refractivity contribution in [2.45, 2.75) is 0 Å². The first-order chi connectivity index (χ1) is 0. The molecule has 5 nitrogen and oxygen atoms in total. The van der Waals surface area contributed by atoms with Gasteiger partial charge >= 0.3 is 17.1 Å². The zero-order valence-corrected chi connectivity index (χ0v) is 4.57. The summed E-state index contributed by atoms with van der Waals surface area (Å²) in [4.78, 5) is 0. The number of hydrogen-bond donors (Lipinski definition) is 4. The Morgan fingerprint density at radius 2 is 0.500 bits per heavy atom. The summed E-state index contributed by atoms with van der Waals surface area (Å²) in [5.41, 5.74) is 0. The molecular weight excluding hydrogens is 136 g/mol. The summed E-state index contributed by atoms with van der Waals surface area (Å²) in [6.45, 7) is 0. The molecule has 0 amide bonds. The Hall–Kier alpha value is 0.319. The minimum atomic E-state index is 0. The predicted molar refractivity (Wildman–Crippen MR) is 23.7 cm³/mol. The molecule has 49 valence electrons. The zero-order valence-electron chi connectivity index (χ0n) is 3.63. The Morgan fingerprint density at radius 3 is 0.500 bits per heavy atom. The van der Waals surface area contributed by atoms with E-state index >= 15 is 0 Å². The maximum Gasteiger partial charge on any atom is 2.00 e. The third-order valence-electron chi connectivity index (χ3n) is 0. The molecule has 0 aliphatic carbocycles. The van der Waals surface area contributed by atoms with Crippen LogP contribution in [0, 0.1) is 0 Å². The Balaban J connectivity index is 0. The second-order valence-electron chi connectivity index (χ2n) is 0. The van der Waals surface area contributed by atoms with Crippen molar-refractivity contribution in [1.29, 1.82) is 0 Å². The van der Waals surface area contributed by atoms with E-state index < -0.39 is 0 Å². The van der Waals surface area contributed by atoms with Crippen LogP contribution < -0.4 is 24.6 Å². The second kappa shape index (κ2) is 972. The summed E-state index contributed by atoms with van der Waals surface area (Å²) in [5, 5.41) is 0. The van der Waals surface area contributed by atoms with Crippen molar-refractivity contribution in [2.75, 3.05) is 0 Å². The van der Waals surface area contributed by atoms with Crippen molar-refractivity contribution >= 4 is 0 Å². The van der Waals surface area contributed by atoms with Gasteiger partial charge in [0.2, 0.25) is 0 Å². The molecule has 6 heavy (non-hydrogen) atoms. The van der Waals surface area contributed by atoms with Crippen molar-refractivity contribution in [3.05, 3.63) is 0 Å². The molecular formula is H14CuN4O+2. The standard InChI is InChI=1S/Cu.4H3N.H2O/h;4*1H3;1H2/q+2;;;;;. The quantitative estimate of drug-likeness (QED) is 0.350. The maximum atomic E-state index is 0. The van der Waals surface area contributed by atoms with Crippen LogP contribution in [0.25, 0.3) is 0 Å². The van der Waals surface area contributed by atoms with Gasteiger partial charge in [0.05, 0.1) is 0 Å². The topological polar surface area (TPSA) is 172 Å². The molecule has 0 spiro atoms. The van der Waals surface area contributed by atoms with Crippen LogP contribution in [-0.4, -0.2) is 5.48 Å². The molecule has 0 saturated heterocycles. The third kappa shape index (κ3) is 466. The molecule has 0 rings (SSSR count). The van der Waals surface area contributed by atoms with Crippen molar-refractivity contribution in [2.24, 2.45) is 0 Å². The summed E-state index contributed by atoms with van der Waals surface area (Å²) in [7, 11) is 0. The minimum Gasteiger partial charge on any atom is -0.412 e. The second-order valence-corrected chi connectivity index (χ2v) is 0. The molecule has 0 fully saturated rings. The zero-order chi connectivity index (χ0) is 0.